The number of rotatable bonds is 3. The highest BCUT2D eigenvalue weighted by atomic mass is 15.1. The largest absolute Gasteiger partial charge is 0.330 e. The van der Waals surface area contributed by atoms with Crippen LogP contribution in [0, 0.1) is 5.92 Å². The summed E-state index contributed by atoms with van der Waals surface area (Å²) in [5.41, 5.74) is 8.11. The molecule has 4 heteroatoms. The first-order valence-electron chi connectivity index (χ1n) is 6.85. The fraction of sp³-hybridized carbons (Fsp3) is 0.571. The lowest BCUT2D eigenvalue weighted by atomic mass is 9.95. The van der Waals surface area contributed by atoms with Crippen molar-refractivity contribution in [3.05, 3.63) is 24.3 Å². The summed E-state index contributed by atoms with van der Waals surface area (Å²) in [5.74, 6) is 2.34. The van der Waals surface area contributed by atoms with Crippen LogP contribution in [0.5, 0.6) is 0 Å². The molecule has 2 N–H and O–H groups in total. The van der Waals surface area contributed by atoms with Crippen LogP contribution in [0.2, 0.25) is 0 Å². The van der Waals surface area contributed by atoms with Crippen LogP contribution in [-0.2, 0) is 6.54 Å². The Bertz CT molecular complexity index is 546. The molecule has 1 aliphatic carbocycles. The molecule has 0 radical (unpaired) electrons. The van der Waals surface area contributed by atoms with E-state index in [-0.39, 0.29) is 0 Å². The fourth-order valence-electron chi connectivity index (χ4n) is 3.27. The van der Waals surface area contributed by atoms with Crippen LogP contribution in [0.3, 0.4) is 0 Å². The lowest BCUT2D eigenvalue weighted by Crippen LogP contribution is -2.20. The second kappa shape index (κ2) is 4.69. The molecule has 0 aliphatic heterocycles. The van der Waals surface area contributed by atoms with Crippen molar-refractivity contribution in [1.82, 2.24) is 14.5 Å². The van der Waals surface area contributed by atoms with Gasteiger partial charge in [-0.05, 0) is 38.3 Å². The zero-order valence-electron chi connectivity index (χ0n) is 10.8. The molecule has 0 saturated heterocycles. The average molecular weight is 244 g/mol. The first-order valence-corrected chi connectivity index (χ1v) is 6.85. The molecule has 1 fully saturated rings. The molecule has 2 aromatic rings. The van der Waals surface area contributed by atoms with Crippen molar-refractivity contribution in [3.63, 3.8) is 0 Å². The number of aromatic nitrogens is 3. The normalized spacial score (nSPS) is 23.9. The van der Waals surface area contributed by atoms with Gasteiger partial charge in [-0.2, -0.15) is 0 Å². The van der Waals surface area contributed by atoms with Gasteiger partial charge in [0.2, 0.25) is 0 Å². The van der Waals surface area contributed by atoms with Gasteiger partial charge in [0.05, 0.1) is 11.7 Å². The Hall–Kier alpha value is -1.42. The van der Waals surface area contributed by atoms with Gasteiger partial charge in [0.1, 0.15) is 11.3 Å². The Balaban J connectivity index is 2.10. The van der Waals surface area contributed by atoms with Gasteiger partial charge in [-0.15, -0.1) is 0 Å². The third-order valence-electron chi connectivity index (χ3n) is 4.19. The second-order valence-corrected chi connectivity index (χ2v) is 5.11. The van der Waals surface area contributed by atoms with Gasteiger partial charge < -0.3 is 10.3 Å². The van der Waals surface area contributed by atoms with E-state index in [1.54, 1.807) is 0 Å². The van der Waals surface area contributed by atoms with E-state index in [0.717, 1.165) is 18.6 Å². The molecule has 2 atom stereocenters. The average Bonchev–Trinajstić information content (AvgIpc) is 3.01. The predicted molar refractivity (Wildman–Crippen MR) is 72.3 cm³/mol. The zero-order chi connectivity index (χ0) is 12.5. The minimum atomic E-state index is 0.530. The van der Waals surface area contributed by atoms with Crippen molar-refractivity contribution in [2.75, 3.05) is 6.54 Å². The van der Waals surface area contributed by atoms with Crippen LogP contribution in [0.25, 0.3) is 11.0 Å². The lowest BCUT2D eigenvalue weighted by Gasteiger charge is -2.18. The molecule has 0 aromatic carbocycles. The SMILES string of the molecule is CCn1c(C2CCCC2CN)nc2cnccc21. The number of hydrogen-bond acceptors (Lipinski definition) is 3. The van der Waals surface area contributed by atoms with Gasteiger partial charge in [0.25, 0.3) is 0 Å². The first-order chi connectivity index (χ1) is 8.85. The monoisotopic (exact) mass is 244 g/mol. The Labute approximate surface area is 107 Å². The summed E-state index contributed by atoms with van der Waals surface area (Å²) < 4.78 is 2.33. The third kappa shape index (κ3) is 1.72. The summed E-state index contributed by atoms with van der Waals surface area (Å²) in [6, 6.07) is 2.06. The number of pyridine rings is 1. The molecule has 0 bridgehead atoms. The summed E-state index contributed by atoms with van der Waals surface area (Å²) in [5, 5.41) is 0. The number of fused-ring (bicyclic) bond motifs is 1. The van der Waals surface area contributed by atoms with Crippen molar-refractivity contribution in [2.45, 2.75) is 38.6 Å². The van der Waals surface area contributed by atoms with Crippen LogP contribution < -0.4 is 5.73 Å². The second-order valence-electron chi connectivity index (χ2n) is 5.11. The Morgan fingerprint density at radius 1 is 1.44 bits per heavy atom. The standard InChI is InChI=1S/C14H20N4/c1-2-18-13-6-7-16-9-12(13)17-14(18)11-5-3-4-10(11)8-15/h6-7,9-11H,2-5,8,15H2,1H3. The number of hydrogen-bond donors (Lipinski definition) is 1. The maximum absolute atomic E-state index is 5.90. The van der Waals surface area contributed by atoms with Crippen LogP contribution in [0.4, 0.5) is 0 Å². The topological polar surface area (TPSA) is 56.7 Å². The summed E-state index contributed by atoms with van der Waals surface area (Å²) in [7, 11) is 0. The van der Waals surface area contributed by atoms with Gasteiger partial charge in [-0.25, -0.2) is 4.98 Å². The summed E-state index contributed by atoms with van der Waals surface area (Å²) in [4.78, 5) is 8.98. The molecule has 1 aliphatic rings. The van der Waals surface area contributed by atoms with E-state index in [1.165, 1.54) is 30.6 Å². The van der Waals surface area contributed by atoms with Crippen molar-refractivity contribution in [3.8, 4) is 0 Å². The zero-order valence-corrected chi connectivity index (χ0v) is 10.8. The predicted octanol–water partition coefficient (Wildman–Crippen LogP) is 2.29. The van der Waals surface area contributed by atoms with E-state index in [4.69, 9.17) is 10.7 Å². The third-order valence-corrected chi connectivity index (χ3v) is 4.19. The molecule has 2 heterocycles. The minimum Gasteiger partial charge on any atom is -0.330 e. The van der Waals surface area contributed by atoms with Crippen LogP contribution in [0.15, 0.2) is 18.5 Å². The molecular formula is C14H20N4. The minimum absolute atomic E-state index is 0.530. The first kappa shape index (κ1) is 11.7. The van der Waals surface area contributed by atoms with Crippen LogP contribution >= 0.6 is 0 Å². The number of nitrogens with zero attached hydrogens (tertiary/aromatic N) is 3. The molecule has 18 heavy (non-hydrogen) atoms. The Morgan fingerprint density at radius 3 is 3.11 bits per heavy atom. The van der Waals surface area contributed by atoms with Gasteiger partial charge in [0, 0.05) is 18.7 Å². The van der Waals surface area contributed by atoms with Gasteiger partial charge in [0.15, 0.2) is 0 Å². The number of nitrogens with two attached hydrogens (primary N) is 1. The molecule has 0 amide bonds. The highest BCUT2D eigenvalue weighted by Crippen LogP contribution is 2.39. The number of aryl methyl sites for hydroxylation is 1. The molecule has 3 rings (SSSR count). The van der Waals surface area contributed by atoms with Gasteiger partial charge in [-0.1, -0.05) is 6.42 Å². The van der Waals surface area contributed by atoms with E-state index in [0.29, 0.717) is 11.8 Å². The molecule has 96 valence electrons. The Kier molecular flexibility index (Phi) is 3.04. The molecular weight excluding hydrogens is 224 g/mol. The maximum atomic E-state index is 5.90. The fourth-order valence-corrected chi connectivity index (χ4v) is 3.27. The van der Waals surface area contributed by atoms with Crippen molar-refractivity contribution in [1.29, 1.82) is 0 Å². The van der Waals surface area contributed by atoms with Crippen molar-refractivity contribution < 1.29 is 0 Å². The van der Waals surface area contributed by atoms with E-state index in [9.17, 15) is 0 Å². The van der Waals surface area contributed by atoms with Crippen molar-refractivity contribution >= 4 is 11.0 Å². The van der Waals surface area contributed by atoms with Crippen LogP contribution in [-0.4, -0.2) is 21.1 Å². The van der Waals surface area contributed by atoms with E-state index >= 15 is 0 Å². The number of imidazole rings is 1. The molecule has 2 aromatic heterocycles. The highest BCUT2D eigenvalue weighted by molar-refractivity contribution is 5.74. The lowest BCUT2D eigenvalue weighted by molar-refractivity contribution is 0.463. The summed E-state index contributed by atoms with van der Waals surface area (Å²) in [6.07, 6.45) is 7.44. The van der Waals surface area contributed by atoms with E-state index < -0.39 is 0 Å². The molecule has 2 unspecified atom stereocenters. The van der Waals surface area contributed by atoms with Gasteiger partial charge >= 0.3 is 0 Å². The molecule has 4 nitrogen and oxygen atoms in total. The smallest absolute Gasteiger partial charge is 0.113 e. The van der Waals surface area contributed by atoms with Crippen LogP contribution in [0.1, 0.15) is 37.9 Å². The van der Waals surface area contributed by atoms with Crippen molar-refractivity contribution in [2.24, 2.45) is 11.7 Å². The molecule has 0 spiro atoms. The summed E-state index contributed by atoms with van der Waals surface area (Å²) >= 11 is 0. The quantitative estimate of drug-likeness (QED) is 0.901. The van der Waals surface area contributed by atoms with E-state index in [1.807, 2.05) is 12.4 Å². The maximum Gasteiger partial charge on any atom is 0.113 e. The summed E-state index contributed by atoms with van der Waals surface area (Å²) in [6.45, 7) is 3.91. The molecule has 1 saturated carbocycles. The highest BCUT2D eigenvalue weighted by Gasteiger charge is 2.31. The van der Waals surface area contributed by atoms with Gasteiger partial charge in [-0.3, -0.25) is 4.98 Å². The Morgan fingerprint density at radius 2 is 2.33 bits per heavy atom. The van der Waals surface area contributed by atoms with E-state index in [2.05, 4.69) is 22.5 Å².